The average molecular weight is 879 g/mol. The number of esters is 1. The number of likely N-dealkylation sites (tertiary alicyclic amines) is 1. The molecule has 0 saturated carbocycles. The van der Waals surface area contributed by atoms with Crippen molar-refractivity contribution in [3.05, 3.63) is 89.5 Å². The predicted octanol–water partition coefficient (Wildman–Crippen LogP) is 8.43. The summed E-state index contributed by atoms with van der Waals surface area (Å²) in [6, 6.07) is 23.2. The van der Waals surface area contributed by atoms with Crippen LogP contribution in [0.25, 0.3) is 0 Å². The summed E-state index contributed by atoms with van der Waals surface area (Å²) in [6.45, 7) is 1.66. The normalized spacial score (nSPS) is 16.1. The Morgan fingerprint density at radius 2 is 1.28 bits per heavy atom. The third-order valence-electron chi connectivity index (χ3n) is 11.6. The van der Waals surface area contributed by atoms with Gasteiger partial charge >= 0.3 is 11.9 Å². The van der Waals surface area contributed by atoms with E-state index in [0.717, 1.165) is 54.0 Å². The number of aliphatic carboxylic acids is 1. The summed E-state index contributed by atoms with van der Waals surface area (Å²) in [5.74, 6) is 1.79. The van der Waals surface area contributed by atoms with E-state index < -0.39 is 23.0 Å². The van der Waals surface area contributed by atoms with E-state index in [0.29, 0.717) is 62.6 Å². The summed E-state index contributed by atoms with van der Waals surface area (Å²) in [5.41, 5.74) is 0.636. The number of piperidine rings is 1. The van der Waals surface area contributed by atoms with Crippen LogP contribution >= 0.6 is 21.6 Å². The molecule has 0 aliphatic carbocycles. The number of hydrogen-bond acceptors (Lipinski definition) is 11. The zero-order valence-corrected chi connectivity index (χ0v) is 37.5. The number of carbonyl (C=O) groups is 4. The molecule has 0 radical (unpaired) electrons. The number of benzene rings is 3. The fourth-order valence-corrected chi connectivity index (χ4v) is 10.9. The number of ether oxygens (including phenoxy) is 5. The Labute approximate surface area is 368 Å². The van der Waals surface area contributed by atoms with Crippen LogP contribution in [0, 0.1) is 5.41 Å². The molecule has 0 spiro atoms. The molecular weight excluding hydrogens is 817 g/mol. The maximum atomic E-state index is 13.5. The average Bonchev–Trinajstić information content (AvgIpc) is 3.82. The third-order valence-corrected chi connectivity index (χ3v) is 14.6. The number of carboxylic acids is 1. The van der Waals surface area contributed by atoms with Crippen molar-refractivity contribution in [2.45, 2.75) is 94.3 Å². The lowest BCUT2D eigenvalue weighted by molar-refractivity contribution is -0.157. The molecule has 2 aliphatic heterocycles. The Bertz CT molecular complexity index is 1710. The van der Waals surface area contributed by atoms with Crippen LogP contribution in [0.4, 0.5) is 0 Å². The van der Waals surface area contributed by atoms with Crippen molar-refractivity contribution in [1.82, 2.24) is 10.2 Å². The first kappa shape index (κ1) is 47.6. The van der Waals surface area contributed by atoms with Crippen LogP contribution in [-0.4, -0.2) is 98.9 Å². The van der Waals surface area contributed by atoms with E-state index in [4.69, 9.17) is 23.7 Å². The molecule has 3 aromatic rings. The second kappa shape index (κ2) is 24.3. The molecule has 2 saturated heterocycles. The highest BCUT2D eigenvalue weighted by molar-refractivity contribution is 8.77. The molecule has 2 aliphatic rings. The van der Waals surface area contributed by atoms with Gasteiger partial charge in [0, 0.05) is 48.9 Å². The molecule has 2 fully saturated rings. The van der Waals surface area contributed by atoms with E-state index in [9.17, 15) is 24.3 Å². The van der Waals surface area contributed by atoms with Crippen molar-refractivity contribution >= 4 is 45.3 Å². The van der Waals surface area contributed by atoms with Gasteiger partial charge in [-0.2, -0.15) is 0 Å². The first-order valence-electron chi connectivity index (χ1n) is 21.4. The molecule has 3 aromatic carbocycles. The molecular formula is C47H62N2O10S2. The van der Waals surface area contributed by atoms with Crippen LogP contribution in [0.2, 0.25) is 0 Å². The molecule has 1 atom stereocenters. The summed E-state index contributed by atoms with van der Waals surface area (Å²) >= 11 is 0. The molecule has 332 valence electrons. The standard InChI is InChI=1S/C47H62N2O10S2/c1-55-38-18-12-35(13-19-38)47(36-14-20-39(56-2)21-15-36,37-16-22-40(57-3)23-17-37)59-34-46(33-58-45(54)25-24-44(52)53)27-30-49(31-28-46)43(51)11-5-4-8-29-48-42(50)10-7-6-9-41-26-32-60-61-41/h12-23,41H,4-11,24-34H2,1-3H3,(H,48,50)(H,52,53)/t41-/m1/s1. The SMILES string of the molecule is COc1ccc(C(OCC2(COC(=O)CCC(=O)O)CCN(C(=O)CCCCCNC(=O)CCCC[C@@H]3CCSS3)CC2)(c2ccc(OC)cc2)c2ccc(OC)cc2)cc1. The van der Waals surface area contributed by atoms with Gasteiger partial charge < -0.3 is 39.0 Å². The maximum Gasteiger partial charge on any atom is 0.306 e. The molecule has 0 aromatic heterocycles. The highest BCUT2D eigenvalue weighted by atomic mass is 33.1. The fraction of sp³-hybridized carbons (Fsp3) is 0.532. The van der Waals surface area contributed by atoms with Crippen LogP contribution in [0.1, 0.15) is 100 Å². The van der Waals surface area contributed by atoms with Gasteiger partial charge in [0.05, 0.1) is 47.4 Å². The van der Waals surface area contributed by atoms with Crippen LogP contribution < -0.4 is 19.5 Å². The zero-order valence-electron chi connectivity index (χ0n) is 35.8. The lowest BCUT2D eigenvalue weighted by Gasteiger charge is -2.44. The molecule has 2 heterocycles. The zero-order chi connectivity index (χ0) is 43.5. The Balaban J connectivity index is 1.26. The second-order valence-corrected chi connectivity index (χ2v) is 18.6. The number of rotatable bonds is 25. The van der Waals surface area contributed by atoms with Gasteiger partial charge in [0.15, 0.2) is 0 Å². The second-order valence-electron chi connectivity index (χ2n) is 15.8. The number of nitrogens with zero attached hydrogens (tertiary/aromatic N) is 1. The van der Waals surface area contributed by atoms with Crippen LogP contribution in [-0.2, 0) is 34.3 Å². The lowest BCUT2D eigenvalue weighted by atomic mass is 9.77. The first-order chi connectivity index (χ1) is 29.6. The van der Waals surface area contributed by atoms with Crippen LogP contribution in [0.3, 0.4) is 0 Å². The van der Waals surface area contributed by atoms with E-state index in [-0.39, 0.29) is 37.9 Å². The molecule has 2 N–H and O–H groups in total. The van der Waals surface area contributed by atoms with Gasteiger partial charge in [0.1, 0.15) is 22.8 Å². The Morgan fingerprint density at radius 3 is 1.79 bits per heavy atom. The summed E-state index contributed by atoms with van der Waals surface area (Å²) in [7, 11) is 8.79. The van der Waals surface area contributed by atoms with E-state index >= 15 is 0 Å². The van der Waals surface area contributed by atoms with Crippen molar-refractivity contribution in [2.75, 3.05) is 59.9 Å². The van der Waals surface area contributed by atoms with E-state index in [1.807, 2.05) is 99.3 Å². The number of carbonyl (C=O) groups excluding carboxylic acids is 3. The van der Waals surface area contributed by atoms with Crippen molar-refractivity contribution in [3.8, 4) is 17.2 Å². The van der Waals surface area contributed by atoms with Gasteiger partial charge in [0.25, 0.3) is 0 Å². The predicted molar refractivity (Wildman–Crippen MR) is 239 cm³/mol. The molecule has 5 rings (SSSR count). The third kappa shape index (κ3) is 14.1. The van der Waals surface area contributed by atoms with Crippen LogP contribution in [0.15, 0.2) is 72.8 Å². The van der Waals surface area contributed by atoms with Crippen molar-refractivity contribution in [1.29, 1.82) is 0 Å². The summed E-state index contributed by atoms with van der Waals surface area (Å²) in [5, 5.41) is 13.0. The molecule has 0 bridgehead atoms. The topological polar surface area (TPSA) is 150 Å². The van der Waals surface area contributed by atoms with Gasteiger partial charge in [-0.3, -0.25) is 19.2 Å². The van der Waals surface area contributed by atoms with Gasteiger partial charge in [0.2, 0.25) is 11.8 Å². The Hall–Kier alpha value is -4.40. The number of amides is 2. The van der Waals surface area contributed by atoms with E-state index in [1.165, 1.54) is 18.6 Å². The fourth-order valence-electron chi connectivity index (χ4n) is 7.84. The minimum Gasteiger partial charge on any atom is -0.497 e. The van der Waals surface area contributed by atoms with Gasteiger partial charge in [-0.05, 0) is 98.0 Å². The monoisotopic (exact) mass is 878 g/mol. The van der Waals surface area contributed by atoms with Crippen molar-refractivity contribution in [2.24, 2.45) is 5.41 Å². The Kier molecular flexibility index (Phi) is 19.0. The van der Waals surface area contributed by atoms with Gasteiger partial charge in [-0.25, -0.2) is 0 Å². The summed E-state index contributed by atoms with van der Waals surface area (Å²) in [6.07, 6.45) is 8.27. The smallest absolute Gasteiger partial charge is 0.306 e. The summed E-state index contributed by atoms with van der Waals surface area (Å²) < 4.78 is 29.6. The highest BCUT2D eigenvalue weighted by Crippen LogP contribution is 2.45. The van der Waals surface area contributed by atoms with Crippen LogP contribution in [0.5, 0.6) is 17.2 Å². The maximum absolute atomic E-state index is 13.5. The molecule has 61 heavy (non-hydrogen) atoms. The molecule has 14 heteroatoms. The minimum atomic E-state index is -1.16. The Morgan fingerprint density at radius 1 is 0.721 bits per heavy atom. The van der Waals surface area contributed by atoms with E-state index in [2.05, 4.69) is 5.32 Å². The summed E-state index contributed by atoms with van der Waals surface area (Å²) in [4.78, 5) is 51.7. The van der Waals surface area contributed by atoms with Gasteiger partial charge in [-0.1, -0.05) is 70.8 Å². The highest BCUT2D eigenvalue weighted by Gasteiger charge is 2.44. The number of nitrogens with one attached hydrogen (secondary N) is 1. The number of hydrogen-bond donors (Lipinski definition) is 2. The largest absolute Gasteiger partial charge is 0.497 e. The number of unbranched alkanes of at least 4 members (excludes halogenated alkanes) is 3. The number of carboxylic acid groups (broad SMARTS) is 1. The minimum absolute atomic E-state index is 0.00185. The van der Waals surface area contributed by atoms with E-state index in [1.54, 1.807) is 21.3 Å². The van der Waals surface area contributed by atoms with Crippen molar-refractivity contribution < 1.29 is 48.0 Å². The first-order valence-corrected chi connectivity index (χ1v) is 23.8. The lowest BCUT2D eigenvalue weighted by Crippen LogP contribution is -2.49. The number of methoxy groups -OCH3 is 3. The van der Waals surface area contributed by atoms with Gasteiger partial charge in [-0.15, -0.1) is 0 Å². The molecule has 2 amide bonds. The molecule has 12 nitrogen and oxygen atoms in total. The van der Waals surface area contributed by atoms with Crippen molar-refractivity contribution in [3.63, 3.8) is 0 Å². The molecule has 0 unspecified atom stereocenters. The quantitative estimate of drug-likeness (QED) is 0.0364.